The molecule has 0 atom stereocenters. The van der Waals surface area contributed by atoms with Crippen LogP contribution in [-0.4, -0.2) is 16.0 Å². The van der Waals surface area contributed by atoms with E-state index in [4.69, 9.17) is 21.3 Å². The highest BCUT2D eigenvalue weighted by atomic mass is 35.5. The second-order valence-corrected chi connectivity index (χ2v) is 5.17. The summed E-state index contributed by atoms with van der Waals surface area (Å²) in [5.74, 6) is 1.38. The molecule has 2 heterocycles. The number of halogens is 1. The van der Waals surface area contributed by atoms with E-state index in [1.807, 2.05) is 49.5 Å². The maximum absolute atomic E-state index is 5.89. The van der Waals surface area contributed by atoms with Gasteiger partial charge in [-0.2, -0.15) is 0 Å². The monoisotopic (exact) mass is 300 g/mol. The average molecular weight is 301 g/mol. The second kappa shape index (κ2) is 5.78. The molecule has 21 heavy (non-hydrogen) atoms. The fraction of sp³-hybridized carbons (Fsp3) is 0.235. The molecule has 0 amide bonds. The van der Waals surface area contributed by atoms with Crippen LogP contribution >= 0.6 is 11.6 Å². The van der Waals surface area contributed by atoms with Crippen LogP contribution in [0.3, 0.4) is 0 Å². The van der Waals surface area contributed by atoms with Gasteiger partial charge in [0.1, 0.15) is 11.4 Å². The molecule has 0 unspecified atom stereocenters. The van der Waals surface area contributed by atoms with Crippen LogP contribution in [0.25, 0.3) is 16.9 Å². The van der Waals surface area contributed by atoms with Gasteiger partial charge in [-0.05, 0) is 55.8 Å². The van der Waals surface area contributed by atoms with Crippen LogP contribution in [0, 0.1) is 6.92 Å². The van der Waals surface area contributed by atoms with E-state index in [1.54, 1.807) is 0 Å². The van der Waals surface area contributed by atoms with Gasteiger partial charge in [-0.3, -0.25) is 0 Å². The highest BCUT2D eigenvalue weighted by molar-refractivity contribution is 6.17. The number of aromatic nitrogens is 2. The Morgan fingerprint density at radius 2 is 1.95 bits per heavy atom. The molecule has 0 spiro atoms. The van der Waals surface area contributed by atoms with Gasteiger partial charge in [-0.1, -0.05) is 0 Å². The van der Waals surface area contributed by atoms with E-state index in [0.717, 1.165) is 33.9 Å². The maximum Gasteiger partial charge on any atom is 0.137 e. The Bertz CT molecular complexity index is 762. The zero-order valence-corrected chi connectivity index (χ0v) is 12.9. The van der Waals surface area contributed by atoms with E-state index in [2.05, 4.69) is 11.3 Å². The van der Waals surface area contributed by atoms with Crippen LogP contribution in [0.2, 0.25) is 0 Å². The molecule has 0 bridgehead atoms. The Balaban J connectivity index is 2.05. The summed E-state index contributed by atoms with van der Waals surface area (Å²) in [7, 11) is 0. The van der Waals surface area contributed by atoms with Crippen molar-refractivity contribution in [2.45, 2.75) is 19.7 Å². The molecule has 2 aromatic heterocycles. The first-order valence-corrected chi connectivity index (χ1v) is 7.53. The maximum atomic E-state index is 5.89. The molecule has 3 rings (SSSR count). The number of benzene rings is 1. The minimum absolute atomic E-state index is 0.501. The number of aryl methyl sites for hydroxylation is 1. The van der Waals surface area contributed by atoms with Gasteiger partial charge in [0.15, 0.2) is 0 Å². The van der Waals surface area contributed by atoms with Crippen LogP contribution in [0.15, 0.2) is 42.6 Å². The zero-order valence-electron chi connectivity index (χ0n) is 12.1. The summed E-state index contributed by atoms with van der Waals surface area (Å²) in [5.41, 5.74) is 5.20. The van der Waals surface area contributed by atoms with E-state index >= 15 is 0 Å². The summed E-state index contributed by atoms with van der Waals surface area (Å²) in [4.78, 5) is 4.73. The SMILES string of the molecule is CCOc1ccc(-c2nc3cc(CCl)ccn3c2C)cc1. The van der Waals surface area contributed by atoms with Gasteiger partial charge in [0.2, 0.25) is 0 Å². The molecule has 0 aliphatic heterocycles. The largest absolute Gasteiger partial charge is 0.494 e. The van der Waals surface area contributed by atoms with Gasteiger partial charge in [0, 0.05) is 23.3 Å². The van der Waals surface area contributed by atoms with Crippen molar-refractivity contribution in [1.82, 2.24) is 9.38 Å². The fourth-order valence-corrected chi connectivity index (χ4v) is 2.61. The van der Waals surface area contributed by atoms with Crippen molar-refractivity contribution in [3.63, 3.8) is 0 Å². The molecule has 0 N–H and O–H groups in total. The Hall–Kier alpha value is -2.00. The summed E-state index contributed by atoms with van der Waals surface area (Å²) in [6.07, 6.45) is 2.02. The summed E-state index contributed by atoms with van der Waals surface area (Å²) in [5, 5.41) is 0. The minimum atomic E-state index is 0.501. The van der Waals surface area contributed by atoms with Crippen LogP contribution in [0.5, 0.6) is 5.75 Å². The van der Waals surface area contributed by atoms with E-state index < -0.39 is 0 Å². The van der Waals surface area contributed by atoms with Crippen molar-refractivity contribution < 1.29 is 4.74 Å². The van der Waals surface area contributed by atoms with E-state index in [1.165, 1.54) is 0 Å². The van der Waals surface area contributed by atoms with E-state index in [9.17, 15) is 0 Å². The first-order chi connectivity index (χ1) is 10.2. The van der Waals surface area contributed by atoms with Crippen molar-refractivity contribution in [3.8, 4) is 17.0 Å². The summed E-state index contributed by atoms with van der Waals surface area (Å²) in [6.45, 7) is 4.73. The topological polar surface area (TPSA) is 26.5 Å². The second-order valence-electron chi connectivity index (χ2n) is 4.90. The van der Waals surface area contributed by atoms with E-state index in [-0.39, 0.29) is 0 Å². The molecular formula is C17H17ClN2O. The smallest absolute Gasteiger partial charge is 0.137 e. The molecule has 0 fully saturated rings. The molecule has 4 heteroatoms. The van der Waals surface area contributed by atoms with Crippen LogP contribution < -0.4 is 4.74 Å². The lowest BCUT2D eigenvalue weighted by atomic mass is 10.1. The normalized spacial score (nSPS) is 11.0. The number of nitrogens with zero attached hydrogens (tertiary/aromatic N) is 2. The lowest BCUT2D eigenvalue weighted by Crippen LogP contribution is -1.91. The highest BCUT2D eigenvalue weighted by Gasteiger charge is 2.10. The highest BCUT2D eigenvalue weighted by Crippen LogP contribution is 2.26. The molecule has 108 valence electrons. The zero-order chi connectivity index (χ0) is 14.8. The quantitative estimate of drug-likeness (QED) is 0.666. The van der Waals surface area contributed by atoms with Crippen molar-refractivity contribution in [2.24, 2.45) is 0 Å². The predicted molar refractivity (Wildman–Crippen MR) is 86.1 cm³/mol. The third-order valence-corrected chi connectivity index (χ3v) is 3.83. The van der Waals surface area contributed by atoms with Gasteiger partial charge >= 0.3 is 0 Å². The lowest BCUT2D eigenvalue weighted by Gasteiger charge is -2.04. The van der Waals surface area contributed by atoms with Crippen LogP contribution in [0.4, 0.5) is 0 Å². The molecule has 3 aromatic rings. The number of rotatable bonds is 4. The molecule has 0 saturated carbocycles. The van der Waals surface area contributed by atoms with Gasteiger partial charge in [0.05, 0.1) is 12.3 Å². The summed E-state index contributed by atoms with van der Waals surface area (Å²) in [6, 6.07) is 12.1. The number of fused-ring (bicyclic) bond motifs is 1. The van der Waals surface area contributed by atoms with Gasteiger partial charge in [-0.15, -0.1) is 11.6 Å². The Labute approximate surface area is 129 Å². The van der Waals surface area contributed by atoms with Gasteiger partial charge < -0.3 is 9.14 Å². The molecule has 0 radical (unpaired) electrons. The Morgan fingerprint density at radius 3 is 2.62 bits per heavy atom. The number of pyridine rings is 1. The number of hydrogen-bond donors (Lipinski definition) is 0. The standard InChI is InChI=1S/C17H17ClN2O/c1-3-21-15-6-4-14(5-7-15)17-12(2)20-9-8-13(11-18)10-16(20)19-17/h4-10H,3,11H2,1-2H3. The summed E-state index contributed by atoms with van der Waals surface area (Å²) < 4.78 is 7.56. The van der Waals surface area contributed by atoms with Gasteiger partial charge in [-0.25, -0.2) is 4.98 Å². The third kappa shape index (κ3) is 2.61. The molecule has 0 saturated heterocycles. The average Bonchev–Trinajstić information content (AvgIpc) is 2.85. The molecule has 0 aliphatic carbocycles. The number of ether oxygens (including phenoxy) is 1. The third-order valence-electron chi connectivity index (χ3n) is 3.52. The first-order valence-electron chi connectivity index (χ1n) is 6.99. The number of hydrogen-bond acceptors (Lipinski definition) is 2. The van der Waals surface area contributed by atoms with Crippen molar-refractivity contribution >= 4 is 17.2 Å². The molecule has 3 nitrogen and oxygen atoms in total. The number of alkyl halides is 1. The predicted octanol–water partition coefficient (Wildman–Crippen LogP) is 4.45. The molecule has 0 aliphatic rings. The van der Waals surface area contributed by atoms with Crippen LogP contribution in [-0.2, 0) is 5.88 Å². The summed E-state index contributed by atoms with van der Waals surface area (Å²) >= 11 is 5.89. The minimum Gasteiger partial charge on any atom is -0.494 e. The van der Waals surface area contributed by atoms with E-state index in [0.29, 0.717) is 12.5 Å². The van der Waals surface area contributed by atoms with Gasteiger partial charge in [0.25, 0.3) is 0 Å². The van der Waals surface area contributed by atoms with Crippen molar-refractivity contribution in [3.05, 3.63) is 53.9 Å². The molecule has 1 aromatic carbocycles. The van der Waals surface area contributed by atoms with Crippen molar-refractivity contribution in [2.75, 3.05) is 6.61 Å². The van der Waals surface area contributed by atoms with Crippen LogP contribution in [0.1, 0.15) is 18.2 Å². The van der Waals surface area contributed by atoms with Crippen molar-refractivity contribution in [1.29, 1.82) is 0 Å². The Kier molecular flexibility index (Phi) is 3.84. The first kappa shape index (κ1) is 14.0. The lowest BCUT2D eigenvalue weighted by molar-refractivity contribution is 0.340. The number of imidazole rings is 1. The Morgan fingerprint density at radius 1 is 1.19 bits per heavy atom. The fourth-order valence-electron chi connectivity index (χ4n) is 2.44. The molecular weight excluding hydrogens is 284 g/mol.